The van der Waals surface area contributed by atoms with Crippen molar-refractivity contribution in [2.45, 2.75) is 32.1 Å². The lowest BCUT2D eigenvalue weighted by atomic mass is 9.77. The first-order chi connectivity index (χ1) is 10.6. The van der Waals surface area contributed by atoms with Crippen molar-refractivity contribution < 1.29 is 14.0 Å². The zero-order valence-corrected chi connectivity index (χ0v) is 12.6. The highest BCUT2D eigenvalue weighted by atomic mass is 19.1. The largest absolute Gasteiger partial charge is 0.356 e. The number of likely N-dealkylation sites (tertiary alicyclic amines) is 1. The van der Waals surface area contributed by atoms with Crippen LogP contribution in [0.5, 0.6) is 0 Å². The molecule has 5 heteroatoms. The summed E-state index contributed by atoms with van der Waals surface area (Å²) in [6.45, 7) is 2.14. The zero-order chi connectivity index (χ0) is 15.6. The van der Waals surface area contributed by atoms with Crippen LogP contribution in [0.2, 0.25) is 0 Å². The molecule has 3 rings (SSSR count). The quantitative estimate of drug-likeness (QED) is 0.927. The number of hydrogen-bond acceptors (Lipinski definition) is 2. The van der Waals surface area contributed by atoms with Gasteiger partial charge in [0.25, 0.3) is 0 Å². The molecule has 0 aliphatic carbocycles. The standard InChI is InChI=1S/C17H21FN2O2/c18-14-4-2-1-3-13(14)5-6-16(22)20-9-7-17(8-10-20)11-15(21)19-12-17/h1-4H,5-12H2,(H,19,21). The molecule has 1 spiro atoms. The lowest BCUT2D eigenvalue weighted by molar-refractivity contribution is -0.133. The van der Waals surface area contributed by atoms with Crippen LogP contribution in [0.15, 0.2) is 24.3 Å². The highest BCUT2D eigenvalue weighted by Crippen LogP contribution is 2.37. The fraction of sp³-hybridized carbons (Fsp3) is 0.529. The number of rotatable bonds is 3. The second-order valence-corrected chi connectivity index (χ2v) is 6.43. The molecule has 0 aromatic heterocycles. The average Bonchev–Trinajstić information content (AvgIpc) is 2.87. The lowest BCUT2D eigenvalue weighted by Crippen LogP contribution is -2.44. The van der Waals surface area contributed by atoms with Gasteiger partial charge in [0.05, 0.1) is 0 Å². The van der Waals surface area contributed by atoms with Gasteiger partial charge in [0.15, 0.2) is 0 Å². The number of carbonyl (C=O) groups is 2. The Morgan fingerprint density at radius 2 is 2.00 bits per heavy atom. The van der Waals surface area contributed by atoms with Gasteiger partial charge in [-0.25, -0.2) is 4.39 Å². The molecule has 0 bridgehead atoms. The first kappa shape index (κ1) is 15.0. The highest BCUT2D eigenvalue weighted by molar-refractivity contribution is 5.79. The number of piperidine rings is 1. The van der Waals surface area contributed by atoms with Gasteiger partial charge in [0, 0.05) is 32.5 Å². The SMILES string of the molecule is O=C1CC2(CCN(C(=O)CCc3ccccc3F)CC2)CN1. The molecule has 2 aliphatic heterocycles. The molecule has 0 radical (unpaired) electrons. The Morgan fingerprint density at radius 1 is 1.27 bits per heavy atom. The van der Waals surface area contributed by atoms with E-state index in [2.05, 4.69) is 5.32 Å². The van der Waals surface area contributed by atoms with E-state index >= 15 is 0 Å². The molecule has 1 aromatic rings. The fourth-order valence-electron chi connectivity index (χ4n) is 3.44. The van der Waals surface area contributed by atoms with Gasteiger partial charge in [-0.3, -0.25) is 9.59 Å². The summed E-state index contributed by atoms with van der Waals surface area (Å²) in [5.74, 6) is -0.0434. The minimum atomic E-state index is -0.247. The van der Waals surface area contributed by atoms with E-state index < -0.39 is 0 Å². The molecule has 2 heterocycles. The lowest BCUT2D eigenvalue weighted by Gasteiger charge is -2.38. The third-order valence-electron chi connectivity index (χ3n) is 4.94. The molecule has 1 N–H and O–H groups in total. The maximum absolute atomic E-state index is 13.6. The normalized spacial score (nSPS) is 20.2. The van der Waals surface area contributed by atoms with Crippen LogP contribution in [0.25, 0.3) is 0 Å². The van der Waals surface area contributed by atoms with Crippen molar-refractivity contribution >= 4 is 11.8 Å². The van der Waals surface area contributed by atoms with E-state index in [0.717, 1.165) is 19.4 Å². The van der Waals surface area contributed by atoms with Crippen LogP contribution in [0.3, 0.4) is 0 Å². The maximum Gasteiger partial charge on any atom is 0.222 e. The molecular formula is C17H21FN2O2. The Labute approximate surface area is 129 Å². The van der Waals surface area contributed by atoms with Crippen molar-refractivity contribution in [1.29, 1.82) is 0 Å². The minimum Gasteiger partial charge on any atom is -0.356 e. The summed E-state index contributed by atoms with van der Waals surface area (Å²) in [6, 6.07) is 6.59. The molecule has 2 amide bonds. The van der Waals surface area contributed by atoms with Crippen molar-refractivity contribution in [3.63, 3.8) is 0 Å². The molecule has 0 atom stereocenters. The Morgan fingerprint density at radius 3 is 2.64 bits per heavy atom. The summed E-state index contributed by atoms with van der Waals surface area (Å²) < 4.78 is 13.6. The van der Waals surface area contributed by atoms with Crippen LogP contribution in [0.1, 0.15) is 31.2 Å². The molecule has 2 aliphatic rings. The van der Waals surface area contributed by atoms with E-state index in [9.17, 15) is 14.0 Å². The van der Waals surface area contributed by atoms with Crippen LogP contribution in [-0.4, -0.2) is 36.3 Å². The van der Waals surface area contributed by atoms with E-state index in [1.807, 2.05) is 4.90 Å². The van der Waals surface area contributed by atoms with Crippen molar-refractivity contribution in [1.82, 2.24) is 10.2 Å². The van der Waals surface area contributed by atoms with E-state index in [4.69, 9.17) is 0 Å². The van der Waals surface area contributed by atoms with Gasteiger partial charge >= 0.3 is 0 Å². The summed E-state index contributed by atoms with van der Waals surface area (Å²) in [6.07, 6.45) is 3.11. The van der Waals surface area contributed by atoms with E-state index in [1.165, 1.54) is 6.07 Å². The Kier molecular flexibility index (Phi) is 4.14. The van der Waals surface area contributed by atoms with Gasteiger partial charge in [-0.15, -0.1) is 0 Å². The highest BCUT2D eigenvalue weighted by Gasteiger charge is 2.41. The number of hydrogen-bond donors (Lipinski definition) is 1. The van der Waals surface area contributed by atoms with Crippen LogP contribution in [-0.2, 0) is 16.0 Å². The van der Waals surface area contributed by atoms with Crippen LogP contribution < -0.4 is 5.32 Å². The molecule has 0 unspecified atom stereocenters. The predicted octanol–water partition coefficient (Wildman–Crippen LogP) is 1.89. The second kappa shape index (κ2) is 6.07. The second-order valence-electron chi connectivity index (χ2n) is 6.43. The van der Waals surface area contributed by atoms with Crippen molar-refractivity contribution in [2.75, 3.05) is 19.6 Å². The van der Waals surface area contributed by atoms with Crippen molar-refractivity contribution in [3.8, 4) is 0 Å². The summed E-state index contributed by atoms with van der Waals surface area (Å²) in [5, 5.41) is 2.89. The number of halogens is 1. The summed E-state index contributed by atoms with van der Waals surface area (Å²) in [4.78, 5) is 25.5. The first-order valence-corrected chi connectivity index (χ1v) is 7.86. The number of amides is 2. The van der Waals surface area contributed by atoms with Gasteiger partial charge in [-0.1, -0.05) is 18.2 Å². The average molecular weight is 304 g/mol. The van der Waals surface area contributed by atoms with Gasteiger partial charge < -0.3 is 10.2 Å². The van der Waals surface area contributed by atoms with Crippen molar-refractivity contribution in [3.05, 3.63) is 35.6 Å². The number of nitrogens with zero attached hydrogens (tertiary/aromatic N) is 1. The minimum absolute atomic E-state index is 0.0550. The van der Waals surface area contributed by atoms with Gasteiger partial charge in [0.1, 0.15) is 5.82 Å². The number of aryl methyl sites for hydroxylation is 1. The third kappa shape index (κ3) is 3.13. The Balaban J connectivity index is 1.50. The molecule has 2 fully saturated rings. The third-order valence-corrected chi connectivity index (χ3v) is 4.94. The molecule has 0 saturated carbocycles. The van der Waals surface area contributed by atoms with E-state index in [0.29, 0.717) is 37.9 Å². The summed E-state index contributed by atoms with van der Waals surface area (Å²) in [7, 11) is 0. The van der Waals surface area contributed by atoms with E-state index in [-0.39, 0.29) is 23.0 Å². The summed E-state index contributed by atoms with van der Waals surface area (Å²) >= 11 is 0. The molecule has 2 saturated heterocycles. The Hall–Kier alpha value is -1.91. The number of nitrogens with one attached hydrogen (secondary N) is 1. The summed E-state index contributed by atoms with van der Waals surface area (Å²) in [5.41, 5.74) is 0.647. The topological polar surface area (TPSA) is 49.4 Å². The number of carbonyl (C=O) groups excluding carboxylic acids is 2. The zero-order valence-electron chi connectivity index (χ0n) is 12.6. The number of benzene rings is 1. The van der Waals surface area contributed by atoms with Gasteiger partial charge in [-0.05, 0) is 36.3 Å². The monoisotopic (exact) mass is 304 g/mol. The Bertz CT molecular complexity index is 580. The smallest absolute Gasteiger partial charge is 0.222 e. The predicted molar refractivity (Wildman–Crippen MR) is 80.6 cm³/mol. The van der Waals surface area contributed by atoms with Crippen LogP contribution >= 0.6 is 0 Å². The first-order valence-electron chi connectivity index (χ1n) is 7.86. The molecule has 22 heavy (non-hydrogen) atoms. The van der Waals surface area contributed by atoms with Crippen LogP contribution in [0, 0.1) is 11.2 Å². The van der Waals surface area contributed by atoms with Crippen LogP contribution in [0.4, 0.5) is 4.39 Å². The maximum atomic E-state index is 13.6. The van der Waals surface area contributed by atoms with Gasteiger partial charge in [-0.2, -0.15) is 0 Å². The fourth-order valence-corrected chi connectivity index (χ4v) is 3.44. The van der Waals surface area contributed by atoms with Crippen molar-refractivity contribution in [2.24, 2.45) is 5.41 Å². The van der Waals surface area contributed by atoms with E-state index in [1.54, 1.807) is 18.2 Å². The molecule has 1 aromatic carbocycles. The van der Waals surface area contributed by atoms with Gasteiger partial charge in [0.2, 0.25) is 11.8 Å². The molecule has 118 valence electrons. The molecular weight excluding hydrogens is 283 g/mol. The molecule has 4 nitrogen and oxygen atoms in total.